The maximum atomic E-state index is 13.4. The molecule has 0 unspecified atom stereocenters. The molecule has 3 amide bonds. The second-order valence-corrected chi connectivity index (χ2v) is 8.25. The zero-order valence-corrected chi connectivity index (χ0v) is 18.1. The molecule has 0 saturated carbocycles. The molecule has 2 N–H and O–H groups in total. The van der Waals surface area contributed by atoms with E-state index < -0.39 is 5.82 Å². The fraction of sp³-hybridized carbons (Fsp3) is 0.200. The van der Waals surface area contributed by atoms with E-state index in [1.54, 1.807) is 47.4 Å². The van der Waals surface area contributed by atoms with Crippen LogP contribution in [0.15, 0.2) is 72.8 Å². The summed E-state index contributed by atoms with van der Waals surface area (Å²) < 4.78 is 13.4. The Kier molecular flexibility index (Phi) is 6.71. The van der Waals surface area contributed by atoms with Gasteiger partial charge >= 0.3 is 6.03 Å². The molecule has 0 spiro atoms. The van der Waals surface area contributed by atoms with Gasteiger partial charge in [-0.15, -0.1) is 0 Å². The largest absolute Gasteiger partial charge is 0.324 e. The number of nitrogens with zero attached hydrogens (tertiary/aromatic N) is 1. The Labute approximate surface area is 191 Å². The first-order valence-corrected chi connectivity index (χ1v) is 10.8. The predicted molar refractivity (Wildman–Crippen MR) is 125 cm³/mol. The first kappa shape index (κ1) is 21.8. The number of benzene rings is 3. The van der Waals surface area contributed by atoms with Gasteiger partial charge in [0.15, 0.2) is 0 Å². The number of anilines is 2. The summed E-state index contributed by atoms with van der Waals surface area (Å²) in [5.41, 5.74) is 2.59. The van der Waals surface area contributed by atoms with E-state index in [0.717, 1.165) is 18.4 Å². The molecule has 1 aliphatic rings. The first-order chi connectivity index (χ1) is 15.5. The van der Waals surface area contributed by atoms with Gasteiger partial charge in [-0.25, -0.2) is 9.18 Å². The molecule has 7 heteroatoms. The van der Waals surface area contributed by atoms with Crippen LogP contribution in [0.3, 0.4) is 0 Å². The number of nitrogens with one attached hydrogen (secondary N) is 2. The number of carbonyl (C=O) groups is 2. The van der Waals surface area contributed by atoms with Crippen molar-refractivity contribution in [2.45, 2.75) is 18.8 Å². The van der Waals surface area contributed by atoms with Crippen molar-refractivity contribution < 1.29 is 14.0 Å². The molecule has 4 rings (SSSR count). The number of hydrogen-bond acceptors (Lipinski definition) is 2. The molecular formula is C25H23ClFN3O2. The fourth-order valence-electron chi connectivity index (χ4n) is 3.87. The Hall–Kier alpha value is -3.38. The number of carbonyl (C=O) groups excluding carboxylic acids is 2. The highest BCUT2D eigenvalue weighted by Gasteiger charge is 2.25. The second kappa shape index (κ2) is 9.83. The molecule has 1 saturated heterocycles. The van der Waals surface area contributed by atoms with Crippen LogP contribution in [-0.4, -0.2) is 29.9 Å². The Bertz CT molecular complexity index is 1120. The number of hydrogen-bond donors (Lipinski definition) is 2. The quantitative estimate of drug-likeness (QED) is 0.500. The summed E-state index contributed by atoms with van der Waals surface area (Å²) in [5.74, 6) is -0.581. The highest BCUT2D eigenvalue weighted by molar-refractivity contribution is 6.30. The van der Waals surface area contributed by atoms with Gasteiger partial charge in [-0.05, 0) is 73.0 Å². The molecule has 0 aliphatic carbocycles. The Morgan fingerprint density at radius 1 is 0.938 bits per heavy atom. The Morgan fingerprint density at radius 2 is 1.72 bits per heavy atom. The molecular weight excluding hydrogens is 429 g/mol. The molecule has 32 heavy (non-hydrogen) atoms. The van der Waals surface area contributed by atoms with E-state index in [-0.39, 0.29) is 17.9 Å². The van der Waals surface area contributed by atoms with Crippen molar-refractivity contribution in [2.24, 2.45) is 0 Å². The molecule has 0 aromatic heterocycles. The van der Waals surface area contributed by atoms with E-state index >= 15 is 0 Å². The van der Waals surface area contributed by atoms with Crippen molar-refractivity contribution in [3.63, 3.8) is 0 Å². The van der Waals surface area contributed by atoms with Crippen LogP contribution in [0.2, 0.25) is 5.02 Å². The molecule has 5 nitrogen and oxygen atoms in total. The minimum Gasteiger partial charge on any atom is -0.324 e. The van der Waals surface area contributed by atoms with Crippen molar-refractivity contribution >= 4 is 34.9 Å². The number of amides is 3. The normalized spacial score (nSPS) is 15.8. The average Bonchev–Trinajstić information content (AvgIpc) is 2.81. The zero-order valence-electron chi connectivity index (χ0n) is 17.4. The third-order valence-corrected chi connectivity index (χ3v) is 5.76. The summed E-state index contributed by atoms with van der Waals surface area (Å²) in [5, 5.41) is 6.24. The molecule has 164 valence electrons. The molecule has 0 radical (unpaired) electrons. The summed E-state index contributed by atoms with van der Waals surface area (Å²) >= 11 is 5.90. The van der Waals surface area contributed by atoms with E-state index in [4.69, 9.17) is 11.6 Å². The maximum absolute atomic E-state index is 13.4. The van der Waals surface area contributed by atoms with E-state index in [1.165, 1.54) is 12.1 Å². The van der Waals surface area contributed by atoms with Crippen LogP contribution in [-0.2, 0) is 0 Å². The Balaban J connectivity index is 1.42. The molecule has 1 aliphatic heterocycles. The molecule has 1 fully saturated rings. The lowest BCUT2D eigenvalue weighted by molar-refractivity contribution is 0.102. The fourth-order valence-corrected chi connectivity index (χ4v) is 4.00. The highest BCUT2D eigenvalue weighted by Crippen LogP contribution is 2.28. The lowest BCUT2D eigenvalue weighted by atomic mass is 9.89. The zero-order chi connectivity index (χ0) is 22.5. The van der Waals surface area contributed by atoms with Gasteiger partial charge in [-0.2, -0.15) is 0 Å². The molecule has 1 atom stereocenters. The SMILES string of the molecule is O=C(Nc1cccc(F)c1)c1cccc([C@H]2CCCN(C(=O)Nc3ccc(Cl)cc3)C2)c1. The van der Waals surface area contributed by atoms with E-state index in [1.807, 2.05) is 18.2 Å². The van der Waals surface area contributed by atoms with E-state index in [2.05, 4.69) is 10.6 Å². The first-order valence-electron chi connectivity index (χ1n) is 10.5. The third kappa shape index (κ3) is 5.45. The third-order valence-electron chi connectivity index (χ3n) is 5.51. The van der Waals surface area contributed by atoms with Gasteiger partial charge in [0.25, 0.3) is 5.91 Å². The van der Waals surface area contributed by atoms with Gasteiger partial charge in [0.2, 0.25) is 0 Å². The van der Waals surface area contributed by atoms with E-state index in [0.29, 0.717) is 35.1 Å². The molecule has 1 heterocycles. The summed E-state index contributed by atoms with van der Waals surface area (Å²) in [6, 6.07) is 20.0. The van der Waals surface area contributed by atoms with Crippen LogP contribution in [0.4, 0.5) is 20.6 Å². The summed E-state index contributed by atoms with van der Waals surface area (Å²) in [4.78, 5) is 27.2. The Morgan fingerprint density at radius 3 is 2.50 bits per heavy atom. The van der Waals surface area contributed by atoms with Gasteiger partial charge in [-0.1, -0.05) is 29.8 Å². The lowest BCUT2D eigenvalue weighted by Crippen LogP contribution is -2.41. The van der Waals surface area contributed by atoms with Crippen LogP contribution in [0.5, 0.6) is 0 Å². The van der Waals surface area contributed by atoms with Crippen LogP contribution in [0.1, 0.15) is 34.7 Å². The second-order valence-electron chi connectivity index (χ2n) is 7.81. The monoisotopic (exact) mass is 451 g/mol. The van der Waals surface area contributed by atoms with Gasteiger partial charge in [0.1, 0.15) is 5.82 Å². The smallest absolute Gasteiger partial charge is 0.321 e. The number of rotatable bonds is 4. The van der Waals surface area contributed by atoms with Crippen molar-refractivity contribution in [1.29, 1.82) is 0 Å². The van der Waals surface area contributed by atoms with Crippen molar-refractivity contribution in [3.8, 4) is 0 Å². The standard InChI is InChI=1S/C25H23ClFN3O2/c26-20-9-11-22(12-10-20)29-25(32)30-13-3-6-19(16-30)17-4-1-5-18(14-17)24(31)28-23-8-2-7-21(27)15-23/h1-2,4-5,7-12,14-15,19H,3,6,13,16H2,(H,28,31)(H,29,32)/t19-/m0/s1. The van der Waals surface area contributed by atoms with Gasteiger partial charge in [0, 0.05) is 41.0 Å². The summed E-state index contributed by atoms with van der Waals surface area (Å²) in [6.45, 7) is 1.24. The van der Waals surface area contributed by atoms with Gasteiger partial charge in [-0.3, -0.25) is 4.79 Å². The topological polar surface area (TPSA) is 61.4 Å². The van der Waals surface area contributed by atoms with Crippen LogP contribution >= 0.6 is 11.6 Å². The van der Waals surface area contributed by atoms with E-state index in [9.17, 15) is 14.0 Å². The molecule has 3 aromatic rings. The maximum Gasteiger partial charge on any atom is 0.321 e. The van der Waals surface area contributed by atoms with Crippen molar-refractivity contribution in [2.75, 3.05) is 23.7 Å². The highest BCUT2D eigenvalue weighted by atomic mass is 35.5. The number of piperidine rings is 1. The minimum atomic E-state index is -0.407. The molecule has 3 aromatic carbocycles. The summed E-state index contributed by atoms with van der Waals surface area (Å²) in [6.07, 6.45) is 1.80. The van der Waals surface area contributed by atoms with Crippen molar-refractivity contribution in [3.05, 3.63) is 94.8 Å². The number of likely N-dealkylation sites (tertiary alicyclic amines) is 1. The van der Waals surface area contributed by atoms with Crippen LogP contribution in [0.25, 0.3) is 0 Å². The number of urea groups is 1. The predicted octanol–water partition coefficient (Wildman–Crippen LogP) is 6.14. The summed E-state index contributed by atoms with van der Waals surface area (Å²) in [7, 11) is 0. The molecule has 0 bridgehead atoms. The van der Waals surface area contributed by atoms with Gasteiger partial charge in [0.05, 0.1) is 0 Å². The number of halogens is 2. The van der Waals surface area contributed by atoms with Crippen molar-refractivity contribution in [1.82, 2.24) is 4.90 Å². The van der Waals surface area contributed by atoms with Crippen LogP contribution < -0.4 is 10.6 Å². The average molecular weight is 452 g/mol. The van der Waals surface area contributed by atoms with Crippen LogP contribution in [0, 0.1) is 5.82 Å². The van der Waals surface area contributed by atoms with Gasteiger partial charge < -0.3 is 15.5 Å². The minimum absolute atomic E-state index is 0.127. The lowest BCUT2D eigenvalue weighted by Gasteiger charge is -2.33.